The molecule has 0 saturated carbocycles. The quantitative estimate of drug-likeness (QED) is 0.333. The SMILES string of the molecule is COc1cc(/C=C2/SC(=O)N(CC(=O)Nc3ccc4c(c3)OCO4)C2=O)cc(Br)c1OCc1ccc(C#N)cc1. The van der Waals surface area contributed by atoms with Gasteiger partial charge in [-0.3, -0.25) is 19.3 Å². The van der Waals surface area contributed by atoms with Crippen LogP contribution in [0.5, 0.6) is 23.0 Å². The largest absolute Gasteiger partial charge is 0.493 e. The van der Waals surface area contributed by atoms with Gasteiger partial charge >= 0.3 is 0 Å². The van der Waals surface area contributed by atoms with Crippen LogP contribution in [-0.4, -0.2) is 42.4 Å². The van der Waals surface area contributed by atoms with E-state index in [0.717, 1.165) is 22.2 Å². The summed E-state index contributed by atoms with van der Waals surface area (Å²) < 4.78 is 22.6. The van der Waals surface area contributed by atoms with Crippen molar-refractivity contribution in [2.45, 2.75) is 6.61 Å². The monoisotopic (exact) mass is 621 g/mol. The van der Waals surface area contributed by atoms with Gasteiger partial charge < -0.3 is 24.3 Å². The first-order valence-electron chi connectivity index (χ1n) is 11.8. The normalized spacial score (nSPS) is 14.8. The highest BCUT2D eigenvalue weighted by atomic mass is 79.9. The third kappa shape index (κ3) is 5.90. The number of imide groups is 1. The molecule has 202 valence electrons. The lowest BCUT2D eigenvalue weighted by Gasteiger charge is -2.14. The Morgan fingerprint density at radius 2 is 1.93 bits per heavy atom. The van der Waals surface area contributed by atoms with Crippen molar-refractivity contribution in [1.29, 1.82) is 5.26 Å². The zero-order valence-electron chi connectivity index (χ0n) is 20.9. The van der Waals surface area contributed by atoms with E-state index in [-0.39, 0.29) is 18.3 Å². The standard InChI is InChI=1S/C28H20BrN3O7S/c1-36-23-9-18(8-20(29)26(23)37-14-17-4-2-16(12-30)3-5-17)10-24-27(34)32(28(35)40-24)13-25(33)31-19-6-7-21-22(11-19)39-15-38-21/h2-11H,13-15H2,1H3,(H,31,33)/b24-10+. The Bertz CT molecular complexity index is 1580. The molecule has 12 heteroatoms. The van der Waals surface area contributed by atoms with Crippen LogP contribution in [0, 0.1) is 11.3 Å². The molecule has 0 spiro atoms. The van der Waals surface area contributed by atoms with Crippen molar-refractivity contribution in [3.63, 3.8) is 0 Å². The number of hydrogen-bond acceptors (Lipinski definition) is 9. The Morgan fingerprint density at radius 3 is 2.67 bits per heavy atom. The van der Waals surface area contributed by atoms with E-state index >= 15 is 0 Å². The van der Waals surface area contributed by atoms with Gasteiger partial charge in [-0.1, -0.05) is 12.1 Å². The number of amides is 3. The van der Waals surface area contributed by atoms with Crippen molar-refractivity contribution in [1.82, 2.24) is 4.90 Å². The fourth-order valence-corrected chi connectivity index (χ4v) is 5.31. The molecule has 0 bridgehead atoms. The average Bonchev–Trinajstić information content (AvgIpc) is 3.52. The average molecular weight is 622 g/mol. The van der Waals surface area contributed by atoms with Gasteiger partial charge in [-0.15, -0.1) is 0 Å². The van der Waals surface area contributed by atoms with Crippen molar-refractivity contribution >= 4 is 56.5 Å². The van der Waals surface area contributed by atoms with E-state index in [0.29, 0.717) is 44.3 Å². The van der Waals surface area contributed by atoms with E-state index in [1.54, 1.807) is 60.7 Å². The van der Waals surface area contributed by atoms with Crippen molar-refractivity contribution < 1.29 is 33.3 Å². The molecule has 0 atom stereocenters. The van der Waals surface area contributed by atoms with E-state index < -0.39 is 23.6 Å². The number of ether oxygens (including phenoxy) is 4. The number of methoxy groups -OCH3 is 1. The molecule has 2 heterocycles. The molecule has 1 N–H and O–H groups in total. The summed E-state index contributed by atoms with van der Waals surface area (Å²) in [6.45, 7) is -0.0918. The molecular weight excluding hydrogens is 602 g/mol. The molecule has 3 aromatic rings. The van der Waals surface area contributed by atoms with Crippen LogP contribution in [0.25, 0.3) is 6.08 Å². The second-order valence-corrected chi connectivity index (χ2v) is 10.4. The van der Waals surface area contributed by atoms with Crippen molar-refractivity contribution in [3.8, 4) is 29.1 Å². The summed E-state index contributed by atoms with van der Waals surface area (Å²) in [4.78, 5) is 39.2. The van der Waals surface area contributed by atoms with Gasteiger partial charge in [0.25, 0.3) is 11.1 Å². The second-order valence-electron chi connectivity index (χ2n) is 8.52. The smallest absolute Gasteiger partial charge is 0.294 e. The van der Waals surface area contributed by atoms with Crippen LogP contribution in [0.2, 0.25) is 0 Å². The van der Waals surface area contributed by atoms with E-state index in [2.05, 4.69) is 27.3 Å². The molecule has 10 nitrogen and oxygen atoms in total. The van der Waals surface area contributed by atoms with E-state index in [9.17, 15) is 14.4 Å². The van der Waals surface area contributed by atoms with Crippen molar-refractivity contribution in [2.24, 2.45) is 0 Å². The zero-order valence-corrected chi connectivity index (χ0v) is 23.3. The maximum atomic E-state index is 13.0. The Labute approximate surface area is 241 Å². The van der Waals surface area contributed by atoms with Gasteiger partial charge in [0.05, 0.1) is 28.1 Å². The Hall–Kier alpha value is -4.47. The number of carbonyl (C=O) groups excluding carboxylic acids is 3. The van der Waals surface area contributed by atoms with E-state index in [1.165, 1.54) is 7.11 Å². The van der Waals surface area contributed by atoms with Gasteiger partial charge in [-0.2, -0.15) is 5.26 Å². The second kappa shape index (κ2) is 11.7. The molecular formula is C28H20BrN3O7S. The number of benzene rings is 3. The van der Waals surface area contributed by atoms with Gasteiger partial charge in [-0.05, 0) is 81.3 Å². The number of nitrogens with zero attached hydrogens (tertiary/aromatic N) is 2. The summed E-state index contributed by atoms with van der Waals surface area (Å²) in [7, 11) is 1.49. The molecule has 0 aliphatic carbocycles. The van der Waals surface area contributed by atoms with Crippen LogP contribution < -0.4 is 24.3 Å². The minimum atomic E-state index is -0.577. The first-order valence-corrected chi connectivity index (χ1v) is 13.4. The summed E-state index contributed by atoms with van der Waals surface area (Å²) >= 11 is 4.24. The molecule has 0 unspecified atom stereocenters. The van der Waals surface area contributed by atoms with Crippen LogP contribution in [0.1, 0.15) is 16.7 Å². The summed E-state index contributed by atoms with van der Waals surface area (Å²) in [5.41, 5.74) is 2.47. The summed E-state index contributed by atoms with van der Waals surface area (Å²) in [6.07, 6.45) is 1.55. The van der Waals surface area contributed by atoms with Gasteiger partial charge in [0, 0.05) is 11.8 Å². The number of fused-ring (bicyclic) bond motifs is 1. The van der Waals surface area contributed by atoms with Gasteiger partial charge in [0.1, 0.15) is 13.2 Å². The summed E-state index contributed by atoms with van der Waals surface area (Å²) in [6, 6.07) is 17.4. The molecule has 0 radical (unpaired) electrons. The number of nitriles is 1. The van der Waals surface area contributed by atoms with Crippen LogP contribution >= 0.6 is 27.7 Å². The molecule has 1 saturated heterocycles. The molecule has 0 aromatic heterocycles. The van der Waals surface area contributed by atoms with Crippen molar-refractivity contribution in [2.75, 3.05) is 25.8 Å². The zero-order chi connectivity index (χ0) is 28.2. The highest BCUT2D eigenvalue weighted by Gasteiger charge is 2.36. The third-order valence-corrected chi connectivity index (χ3v) is 7.34. The number of anilines is 1. The Balaban J connectivity index is 1.26. The predicted molar refractivity (Wildman–Crippen MR) is 150 cm³/mol. The maximum Gasteiger partial charge on any atom is 0.294 e. The predicted octanol–water partition coefficient (Wildman–Crippen LogP) is 5.31. The number of halogens is 1. The Morgan fingerprint density at radius 1 is 1.15 bits per heavy atom. The lowest BCUT2D eigenvalue weighted by Crippen LogP contribution is -2.36. The van der Waals surface area contributed by atoms with Gasteiger partial charge in [0.15, 0.2) is 23.0 Å². The van der Waals surface area contributed by atoms with Crippen molar-refractivity contribution in [3.05, 3.63) is 80.7 Å². The minimum Gasteiger partial charge on any atom is -0.493 e. The summed E-state index contributed by atoms with van der Waals surface area (Å²) in [5.74, 6) is 0.832. The highest BCUT2D eigenvalue weighted by molar-refractivity contribution is 9.10. The Kier molecular flexibility index (Phi) is 7.95. The number of carbonyl (C=O) groups is 3. The minimum absolute atomic E-state index is 0.104. The number of nitrogens with one attached hydrogen (secondary N) is 1. The van der Waals surface area contributed by atoms with Crippen LogP contribution in [0.3, 0.4) is 0 Å². The molecule has 2 aliphatic rings. The maximum absolute atomic E-state index is 13.0. The van der Waals surface area contributed by atoms with Crippen LogP contribution in [0.15, 0.2) is 64.0 Å². The topological polar surface area (TPSA) is 127 Å². The third-order valence-electron chi connectivity index (χ3n) is 5.85. The van der Waals surface area contributed by atoms with Gasteiger partial charge in [0.2, 0.25) is 12.7 Å². The fourth-order valence-electron chi connectivity index (χ4n) is 3.90. The lowest BCUT2D eigenvalue weighted by molar-refractivity contribution is -0.127. The molecule has 1 fully saturated rings. The first-order chi connectivity index (χ1) is 19.3. The molecule has 3 aromatic carbocycles. The molecule has 40 heavy (non-hydrogen) atoms. The first kappa shape index (κ1) is 27.1. The molecule has 2 aliphatic heterocycles. The lowest BCUT2D eigenvalue weighted by atomic mass is 10.1. The number of rotatable bonds is 8. The fraction of sp³-hybridized carbons (Fsp3) is 0.143. The van der Waals surface area contributed by atoms with Crippen LogP contribution in [0.4, 0.5) is 10.5 Å². The molecule has 3 amide bonds. The summed E-state index contributed by atoms with van der Waals surface area (Å²) in [5, 5.41) is 11.1. The van der Waals surface area contributed by atoms with Crippen LogP contribution in [-0.2, 0) is 16.2 Å². The number of hydrogen-bond donors (Lipinski definition) is 1. The van der Waals surface area contributed by atoms with Gasteiger partial charge in [-0.25, -0.2) is 0 Å². The highest BCUT2D eigenvalue weighted by Crippen LogP contribution is 2.40. The number of thioether (sulfide) groups is 1. The van der Waals surface area contributed by atoms with E-state index in [1.807, 2.05) is 0 Å². The van der Waals surface area contributed by atoms with E-state index in [4.69, 9.17) is 24.2 Å². The molecule has 5 rings (SSSR count).